The van der Waals surface area contributed by atoms with Crippen LogP contribution in [-0.2, 0) is 6.54 Å². The zero-order valence-electron chi connectivity index (χ0n) is 18.8. The Morgan fingerprint density at radius 3 is 2.82 bits per heavy atom. The van der Waals surface area contributed by atoms with Crippen LogP contribution >= 0.6 is 0 Å². The summed E-state index contributed by atoms with van der Waals surface area (Å²) in [6.45, 7) is 4.16. The molecule has 0 amide bonds. The summed E-state index contributed by atoms with van der Waals surface area (Å²) in [5, 5.41) is 17.5. The number of nitrogens with two attached hydrogens (primary N) is 1. The molecule has 6 rings (SSSR count). The number of fused-ring (bicyclic) bond motifs is 2. The van der Waals surface area contributed by atoms with Gasteiger partial charge in [0.1, 0.15) is 17.8 Å². The van der Waals surface area contributed by atoms with Crippen LogP contribution in [0.5, 0.6) is 0 Å². The molecule has 0 saturated carbocycles. The average Bonchev–Trinajstić information content (AvgIpc) is 3.49. The smallest absolute Gasteiger partial charge is 0.259 e. The molecule has 1 aliphatic rings. The summed E-state index contributed by atoms with van der Waals surface area (Å²) in [5.41, 5.74) is 10.3. The number of aromatic nitrogens is 7. The van der Waals surface area contributed by atoms with E-state index in [1.165, 1.54) is 6.33 Å². The van der Waals surface area contributed by atoms with Crippen molar-refractivity contribution in [3.8, 4) is 11.3 Å². The van der Waals surface area contributed by atoms with E-state index in [1.54, 1.807) is 12.4 Å². The zero-order valence-corrected chi connectivity index (χ0v) is 18.8. The molecule has 10 nitrogen and oxygen atoms in total. The van der Waals surface area contributed by atoms with Crippen molar-refractivity contribution in [1.82, 2.24) is 39.8 Å². The number of hydrogen-bond acceptors (Lipinski definition) is 7. The summed E-state index contributed by atoms with van der Waals surface area (Å²) in [7, 11) is 0. The van der Waals surface area contributed by atoms with Crippen LogP contribution in [0.1, 0.15) is 30.1 Å². The third-order valence-electron chi connectivity index (χ3n) is 6.69. The summed E-state index contributed by atoms with van der Waals surface area (Å²) in [5.74, 6) is 0.359. The molecule has 1 fully saturated rings. The van der Waals surface area contributed by atoms with E-state index in [1.807, 2.05) is 34.4 Å². The number of aromatic amines is 1. The maximum atomic E-state index is 13.8. The molecular formula is C24H25N9O. The molecule has 4 N–H and O–H groups in total. The van der Waals surface area contributed by atoms with Crippen LogP contribution < -0.4 is 16.6 Å². The summed E-state index contributed by atoms with van der Waals surface area (Å²) in [6, 6.07) is 8.22. The number of nitrogens with zero attached hydrogens (tertiary/aromatic N) is 6. The highest BCUT2D eigenvalue weighted by Crippen LogP contribution is 2.30. The highest BCUT2D eigenvalue weighted by Gasteiger charge is 2.23. The summed E-state index contributed by atoms with van der Waals surface area (Å²) < 4.78 is 3.79. The van der Waals surface area contributed by atoms with Gasteiger partial charge in [-0.1, -0.05) is 18.2 Å². The molecular weight excluding hydrogens is 430 g/mol. The Morgan fingerprint density at radius 1 is 1.18 bits per heavy atom. The zero-order chi connectivity index (χ0) is 23.2. The Balaban J connectivity index is 1.57. The SMILES string of the molecule is Cc1cccc2cc(Cn3nc(-c4cn[nH]c4)c4c(N)ncnc43)n(C3CCNCC3)c(=O)c12. The van der Waals surface area contributed by atoms with Gasteiger partial charge >= 0.3 is 0 Å². The van der Waals surface area contributed by atoms with Gasteiger partial charge in [-0.05, 0) is 49.9 Å². The van der Waals surface area contributed by atoms with Gasteiger partial charge in [0.2, 0.25) is 0 Å². The Kier molecular flexibility index (Phi) is 4.88. The van der Waals surface area contributed by atoms with Crippen LogP contribution in [0, 0.1) is 6.92 Å². The van der Waals surface area contributed by atoms with E-state index in [2.05, 4.69) is 31.5 Å². The second kappa shape index (κ2) is 8.07. The molecule has 34 heavy (non-hydrogen) atoms. The number of hydrogen-bond donors (Lipinski definition) is 3. The second-order valence-corrected chi connectivity index (χ2v) is 8.78. The summed E-state index contributed by atoms with van der Waals surface area (Å²) >= 11 is 0. The van der Waals surface area contributed by atoms with Crippen molar-refractivity contribution >= 4 is 27.6 Å². The molecule has 1 saturated heterocycles. The fraction of sp³-hybridized carbons (Fsp3) is 0.292. The van der Waals surface area contributed by atoms with Gasteiger partial charge in [0, 0.05) is 23.5 Å². The first-order valence-corrected chi connectivity index (χ1v) is 11.4. The quantitative estimate of drug-likeness (QED) is 0.379. The van der Waals surface area contributed by atoms with Crippen LogP contribution in [0.25, 0.3) is 33.1 Å². The van der Waals surface area contributed by atoms with Crippen molar-refractivity contribution in [2.45, 2.75) is 32.4 Å². The van der Waals surface area contributed by atoms with Crippen LogP contribution in [0.3, 0.4) is 0 Å². The molecule has 1 aliphatic heterocycles. The highest BCUT2D eigenvalue weighted by atomic mass is 16.1. The second-order valence-electron chi connectivity index (χ2n) is 8.78. The number of H-pyrrole nitrogens is 1. The predicted octanol–water partition coefficient (Wildman–Crippen LogP) is 2.39. The lowest BCUT2D eigenvalue weighted by Crippen LogP contribution is -2.36. The van der Waals surface area contributed by atoms with Crippen molar-refractivity contribution < 1.29 is 0 Å². The molecule has 5 aromatic rings. The number of nitrogens with one attached hydrogen (secondary N) is 2. The topological polar surface area (TPSA) is 132 Å². The van der Waals surface area contributed by atoms with Crippen LogP contribution in [0.15, 0.2) is 47.8 Å². The maximum absolute atomic E-state index is 13.8. The first-order chi connectivity index (χ1) is 16.6. The minimum Gasteiger partial charge on any atom is -0.383 e. The van der Waals surface area contributed by atoms with Crippen molar-refractivity contribution in [3.63, 3.8) is 0 Å². The Bertz CT molecular complexity index is 1560. The predicted molar refractivity (Wildman–Crippen MR) is 131 cm³/mol. The average molecular weight is 456 g/mol. The van der Waals surface area contributed by atoms with E-state index in [0.29, 0.717) is 29.1 Å². The molecule has 10 heteroatoms. The lowest BCUT2D eigenvalue weighted by atomic mass is 10.0. The third kappa shape index (κ3) is 3.26. The number of nitrogen functional groups attached to an aromatic ring is 1. The normalized spacial score (nSPS) is 14.9. The molecule has 172 valence electrons. The van der Waals surface area contributed by atoms with Gasteiger partial charge in [-0.2, -0.15) is 10.2 Å². The summed E-state index contributed by atoms with van der Waals surface area (Å²) in [6.07, 6.45) is 6.71. The number of rotatable bonds is 4. The van der Waals surface area contributed by atoms with Crippen molar-refractivity contribution in [2.75, 3.05) is 18.8 Å². The van der Waals surface area contributed by atoms with E-state index in [9.17, 15) is 4.79 Å². The number of benzene rings is 1. The lowest BCUT2D eigenvalue weighted by Gasteiger charge is -2.28. The monoisotopic (exact) mass is 455 g/mol. The maximum Gasteiger partial charge on any atom is 0.259 e. The molecule has 4 aromatic heterocycles. The third-order valence-corrected chi connectivity index (χ3v) is 6.69. The van der Waals surface area contributed by atoms with E-state index < -0.39 is 0 Å². The fourth-order valence-corrected chi connectivity index (χ4v) is 5.07. The van der Waals surface area contributed by atoms with Gasteiger partial charge in [0.15, 0.2) is 5.65 Å². The van der Waals surface area contributed by atoms with E-state index >= 15 is 0 Å². The van der Waals surface area contributed by atoms with E-state index in [-0.39, 0.29) is 11.6 Å². The van der Waals surface area contributed by atoms with E-state index in [0.717, 1.165) is 53.5 Å². The van der Waals surface area contributed by atoms with Crippen LogP contribution in [0.2, 0.25) is 0 Å². The first kappa shape index (κ1) is 20.5. The molecule has 0 aliphatic carbocycles. The summed E-state index contributed by atoms with van der Waals surface area (Å²) in [4.78, 5) is 22.5. The van der Waals surface area contributed by atoms with Crippen molar-refractivity contribution in [3.05, 3.63) is 64.6 Å². The molecule has 5 heterocycles. The van der Waals surface area contributed by atoms with Crippen molar-refractivity contribution in [1.29, 1.82) is 0 Å². The molecule has 0 radical (unpaired) electrons. The van der Waals surface area contributed by atoms with Gasteiger partial charge in [-0.25, -0.2) is 14.6 Å². The first-order valence-electron chi connectivity index (χ1n) is 11.4. The van der Waals surface area contributed by atoms with Gasteiger partial charge in [-0.15, -0.1) is 0 Å². The van der Waals surface area contributed by atoms with Crippen molar-refractivity contribution in [2.24, 2.45) is 0 Å². The van der Waals surface area contributed by atoms with Crippen LogP contribution in [0.4, 0.5) is 5.82 Å². The molecule has 0 bridgehead atoms. The Hall–Kier alpha value is -4.05. The van der Waals surface area contributed by atoms with Gasteiger partial charge < -0.3 is 15.6 Å². The fourth-order valence-electron chi connectivity index (χ4n) is 5.07. The Morgan fingerprint density at radius 2 is 2.03 bits per heavy atom. The minimum atomic E-state index is 0.0539. The number of anilines is 1. The van der Waals surface area contributed by atoms with Gasteiger partial charge in [0.05, 0.1) is 23.5 Å². The van der Waals surface area contributed by atoms with Crippen LogP contribution in [-0.4, -0.2) is 47.6 Å². The molecule has 0 atom stereocenters. The lowest BCUT2D eigenvalue weighted by molar-refractivity contribution is 0.352. The van der Waals surface area contributed by atoms with E-state index in [4.69, 9.17) is 10.8 Å². The van der Waals surface area contributed by atoms with Gasteiger partial charge in [-0.3, -0.25) is 9.89 Å². The highest BCUT2D eigenvalue weighted by molar-refractivity contribution is 5.98. The largest absolute Gasteiger partial charge is 0.383 e. The van der Waals surface area contributed by atoms with Gasteiger partial charge in [0.25, 0.3) is 5.56 Å². The number of pyridine rings is 1. The minimum absolute atomic E-state index is 0.0539. The molecule has 0 spiro atoms. The molecule has 1 aromatic carbocycles. The number of aryl methyl sites for hydroxylation is 1. The Labute approximate surface area is 194 Å². The number of piperidine rings is 1. The standard InChI is InChI=1S/C24H25N9O/c1-14-3-2-4-15-9-18(33(24(34)19(14)15)17-5-7-26-8-6-17)12-32-23-20(22(25)27-13-28-23)21(31-32)16-10-29-30-11-16/h2-4,9-11,13,17,26H,5-8,12H2,1H3,(H,29,30)(H2,25,27,28). The molecule has 0 unspecified atom stereocenters.